The zero-order valence-electron chi connectivity index (χ0n) is 21.8. The van der Waals surface area contributed by atoms with E-state index in [1.165, 1.54) is 0 Å². The Hall–Kier alpha value is -1.72. The number of rotatable bonds is 6. The van der Waals surface area contributed by atoms with Crippen molar-refractivity contribution in [2.24, 2.45) is 35.5 Å². The monoisotopic (exact) mass is 468 g/mol. The van der Waals surface area contributed by atoms with Crippen LogP contribution in [0.3, 0.4) is 0 Å². The van der Waals surface area contributed by atoms with E-state index in [1.54, 1.807) is 18.5 Å². The number of carbonyl (C=O) groups is 1. The van der Waals surface area contributed by atoms with Gasteiger partial charge in [-0.2, -0.15) is 0 Å². The molecule has 0 bridgehead atoms. The number of allylic oxidation sites excluding steroid dienone is 3. The van der Waals surface area contributed by atoms with Gasteiger partial charge in [0.15, 0.2) is 8.32 Å². The molecule has 1 N–H and O–H groups in total. The Bertz CT molecular complexity index is 858. The van der Waals surface area contributed by atoms with Crippen LogP contribution in [0.4, 0.5) is 0 Å². The van der Waals surface area contributed by atoms with Gasteiger partial charge in [0, 0.05) is 18.9 Å². The number of aromatic nitrogens is 1. The molecule has 33 heavy (non-hydrogen) atoms. The quantitative estimate of drug-likeness (QED) is 0.300. The second-order valence-electron chi connectivity index (χ2n) is 11.9. The minimum Gasteiger partial charge on any atom is -0.413 e. The lowest BCUT2D eigenvalue weighted by molar-refractivity contribution is -0.116. The second-order valence-corrected chi connectivity index (χ2v) is 16.7. The van der Waals surface area contributed by atoms with Gasteiger partial charge >= 0.3 is 0 Å². The average Bonchev–Trinajstić information content (AvgIpc) is 2.74. The fourth-order valence-electron chi connectivity index (χ4n) is 5.48. The summed E-state index contributed by atoms with van der Waals surface area (Å²) in [6.45, 7) is 19.2. The van der Waals surface area contributed by atoms with Gasteiger partial charge in [0.1, 0.15) is 0 Å². The molecule has 2 aliphatic carbocycles. The zero-order valence-corrected chi connectivity index (χ0v) is 22.8. The van der Waals surface area contributed by atoms with Crippen LogP contribution in [-0.4, -0.2) is 25.3 Å². The van der Waals surface area contributed by atoms with Gasteiger partial charge in [0.25, 0.3) is 0 Å². The Balaban J connectivity index is 1.73. The topological polar surface area (TPSA) is 51.2 Å². The minimum atomic E-state index is -1.86. The van der Waals surface area contributed by atoms with Gasteiger partial charge in [-0.05, 0) is 77.8 Å². The number of nitrogens with zero attached hydrogens (tertiary/aromatic N) is 1. The van der Waals surface area contributed by atoms with Crippen LogP contribution in [0.2, 0.25) is 18.1 Å². The lowest BCUT2D eigenvalue weighted by atomic mass is 9.58. The number of nitrogens with one attached hydrogen (secondary N) is 1. The third kappa shape index (κ3) is 6.05. The largest absolute Gasteiger partial charge is 0.413 e. The molecule has 7 atom stereocenters. The highest BCUT2D eigenvalue weighted by molar-refractivity contribution is 6.74. The number of amides is 1. The molecule has 0 aromatic carbocycles. The molecule has 182 valence electrons. The van der Waals surface area contributed by atoms with Gasteiger partial charge in [-0.1, -0.05) is 65.8 Å². The highest BCUT2D eigenvalue weighted by Crippen LogP contribution is 2.51. The van der Waals surface area contributed by atoms with Crippen molar-refractivity contribution in [3.8, 4) is 0 Å². The molecule has 2 aliphatic rings. The number of fused-ring (bicyclic) bond motifs is 1. The minimum absolute atomic E-state index is 0.0388. The van der Waals surface area contributed by atoms with Gasteiger partial charge in [0.05, 0.1) is 6.10 Å². The molecule has 1 fully saturated rings. The molecule has 3 rings (SSSR count). The van der Waals surface area contributed by atoms with Crippen molar-refractivity contribution >= 4 is 14.2 Å². The molecule has 0 radical (unpaired) electrons. The van der Waals surface area contributed by atoms with Crippen molar-refractivity contribution < 1.29 is 9.22 Å². The first-order chi connectivity index (χ1) is 15.4. The van der Waals surface area contributed by atoms with E-state index in [0.29, 0.717) is 42.1 Å². The van der Waals surface area contributed by atoms with Crippen molar-refractivity contribution in [1.82, 2.24) is 10.3 Å². The van der Waals surface area contributed by atoms with Crippen LogP contribution in [0.25, 0.3) is 0 Å². The van der Waals surface area contributed by atoms with E-state index in [1.807, 2.05) is 12.1 Å². The van der Waals surface area contributed by atoms with E-state index in [9.17, 15) is 4.79 Å². The number of hydrogen-bond acceptors (Lipinski definition) is 3. The molecule has 1 aromatic rings. The van der Waals surface area contributed by atoms with E-state index in [-0.39, 0.29) is 17.0 Å². The van der Waals surface area contributed by atoms with E-state index in [2.05, 4.69) is 83.2 Å². The zero-order chi connectivity index (χ0) is 24.4. The summed E-state index contributed by atoms with van der Waals surface area (Å²) in [5.41, 5.74) is 1.01. The number of hydrogen-bond donors (Lipinski definition) is 1. The smallest absolute Gasteiger partial charge is 0.243 e. The van der Waals surface area contributed by atoms with Crippen LogP contribution in [-0.2, 0) is 15.8 Å². The van der Waals surface area contributed by atoms with Crippen LogP contribution in [0, 0.1) is 35.5 Å². The summed E-state index contributed by atoms with van der Waals surface area (Å²) in [4.78, 5) is 16.7. The van der Waals surface area contributed by atoms with Crippen molar-refractivity contribution in [2.45, 2.75) is 78.7 Å². The van der Waals surface area contributed by atoms with Gasteiger partial charge in [-0.3, -0.25) is 9.78 Å². The molecule has 0 unspecified atom stereocenters. The highest BCUT2D eigenvalue weighted by atomic mass is 28.4. The van der Waals surface area contributed by atoms with Crippen molar-refractivity contribution in [3.05, 3.63) is 54.4 Å². The molecule has 1 heterocycles. The van der Waals surface area contributed by atoms with Crippen molar-refractivity contribution in [2.75, 3.05) is 0 Å². The van der Waals surface area contributed by atoms with Crippen LogP contribution in [0.15, 0.2) is 48.8 Å². The van der Waals surface area contributed by atoms with E-state index >= 15 is 0 Å². The molecule has 4 nitrogen and oxygen atoms in total. The molecule has 5 heteroatoms. The van der Waals surface area contributed by atoms with Crippen molar-refractivity contribution in [1.29, 1.82) is 0 Å². The molecule has 1 amide bonds. The summed E-state index contributed by atoms with van der Waals surface area (Å²) < 4.78 is 7.02. The summed E-state index contributed by atoms with van der Waals surface area (Å²) in [6.07, 6.45) is 13.7. The second kappa shape index (κ2) is 10.3. The summed E-state index contributed by atoms with van der Waals surface area (Å²) in [7, 11) is -1.86. The fraction of sp³-hybridized carbons (Fsp3) is 0.643. The summed E-state index contributed by atoms with van der Waals surface area (Å²) in [5.74, 6) is 2.77. The molecule has 0 spiro atoms. The normalized spacial score (nSPS) is 32.5. The Kier molecular flexibility index (Phi) is 8.06. The summed E-state index contributed by atoms with van der Waals surface area (Å²) in [5, 5.41) is 3.20. The number of pyridine rings is 1. The van der Waals surface area contributed by atoms with Crippen molar-refractivity contribution in [3.63, 3.8) is 0 Å². The molecule has 0 aliphatic heterocycles. The lowest BCUT2D eigenvalue weighted by Crippen LogP contribution is -2.53. The van der Waals surface area contributed by atoms with E-state index in [0.717, 1.165) is 12.0 Å². The van der Waals surface area contributed by atoms with Gasteiger partial charge in [-0.15, -0.1) is 0 Å². The standard InChI is InChI=1S/C28H44N2O2Si/c1-19-11-12-23-16-20(2)27(32-33(7,8)28(4,5)6)21(3)26(23)24(19)13-14-25(31)30-18-22-10-9-15-29-17-22/h9-15,17,19-21,23-24,26-27H,16,18H2,1-8H3,(H,30,31)/b14-13+/t19-,20+,21-,23-,24-,26-,27-/m0/s1. The maximum absolute atomic E-state index is 12.6. The first-order valence-corrected chi connectivity index (χ1v) is 15.5. The van der Waals surface area contributed by atoms with Crippen LogP contribution >= 0.6 is 0 Å². The number of carbonyl (C=O) groups excluding carboxylic acids is 1. The predicted molar refractivity (Wildman–Crippen MR) is 139 cm³/mol. The van der Waals surface area contributed by atoms with Gasteiger partial charge in [0.2, 0.25) is 5.91 Å². The van der Waals surface area contributed by atoms with E-state index in [4.69, 9.17) is 4.43 Å². The lowest BCUT2D eigenvalue weighted by Gasteiger charge is -2.52. The SMILES string of the molecule is C[C@@H]1[C@@H](O[Si](C)(C)C(C)(C)C)[C@H](C)C[C@@H]2C=C[C@H](C)[C@H](/C=C/C(=O)NCc3cccnc3)[C@@H]12. The fourth-order valence-corrected chi connectivity index (χ4v) is 6.96. The maximum Gasteiger partial charge on any atom is 0.243 e. The third-order valence-electron chi connectivity index (χ3n) is 8.43. The molecule has 1 aromatic heterocycles. The molecule has 0 saturated heterocycles. The van der Waals surface area contributed by atoms with Gasteiger partial charge in [-0.25, -0.2) is 0 Å². The third-order valence-corrected chi connectivity index (χ3v) is 12.9. The van der Waals surface area contributed by atoms with Crippen LogP contribution in [0.1, 0.15) is 53.5 Å². The summed E-state index contributed by atoms with van der Waals surface area (Å²) >= 11 is 0. The van der Waals surface area contributed by atoms with Crippen LogP contribution in [0.5, 0.6) is 0 Å². The van der Waals surface area contributed by atoms with Gasteiger partial charge < -0.3 is 9.74 Å². The Morgan fingerprint density at radius 1 is 1.24 bits per heavy atom. The first-order valence-electron chi connectivity index (χ1n) is 12.6. The first kappa shape index (κ1) is 25.9. The van der Waals surface area contributed by atoms with Crippen LogP contribution < -0.4 is 5.32 Å². The molecule has 1 saturated carbocycles. The Morgan fingerprint density at radius 2 is 1.97 bits per heavy atom. The average molecular weight is 469 g/mol. The predicted octanol–water partition coefficient (Wildman–Crippen LogP) is 6.37. The van der Waals surface area contributed by atoms with E-state index < -0.39 is 8.32 Å². The molecular weight excluding hydrogens is 424 g/mol. The Labute approximate surface area is 202 Å². The molecular formula is C28H44N2O2Si. The highest BCUT2D eigenvalue weighted by Gasteiger charge is 2.49. The maximum atomic E-state index is 12.6. The Morgan fingerprint density at radius 3 is 2.61 bits per heavy atom. The summed E-state index contributed by atoms with van der Waals surface area (Å²) in [6, 6.07) is 3.87.